The van der Waals surface area contributed by atoms with Gasteiger partial charge in [-0.05, 0) is 50.5 Å². The average molecular weight is 718 g/mol. The van der Waals surface area contributed by atoms with Gasteiger partial charge >= 0.3 is 0 Å². The number of piperazine rings is 1. The minimum atomic E-state index is -1.22. The molecular weight excluding hydrogens is 689 g/mol. The molecule has 0 unspecified atom stereocenters. The quantitative estimate of drug-likeness (QED) is 0.127. The van der Waals surface area contributed by atoms with E-state index in [1.54, 1.807) is 24.1 Å². The third-order valence-electron chi connectivity index (χ3n) is 8.25. The van der Waals surface area contributed by atoms with E-state index in [-0.39, 0.29) is 74.7 Å². The van der Waals surface area contributed by atoms with Crippen LogP contribution < -0.4 is 10.5 Å². The van der Waals surface area contributed by atoms with E-state index in [0.29, 0.717) is 22.3 Å². The molecule has 1 aliphatic rings. The largest absolute Gasteiger partial charge is 0.504 e. The van der Waals surface area contributed by atoms with Gasteiger partial charge in [-0.1, -0.05) is 66.8 Å². The number of nitrogens with zero attached hydrogens (tertiary/aromatic N) is 6. The number of hydrogen-bond donors (Lipinski definition) is 1. The minimum Gasteiger partial charge on any atom is -0.504 e. The van der Waals surface area contributed by atoms with E-state index < -0.39 is 27.7 Å². The molecule has 0 radical (unpaired) electrons. The number of aromatic nitrogens is 3. The van der Waals surface area contributed by atoms with Crippen molar-refractivity contribution in [1.82, 2.24) is 19.4 Å². The molecular formula is C33H29Cl4FN6O3. The van der Waals surface area contributed by atoms with Crippen LogP contribution in [0.25, 0.3) is 28.0 Å². The Kier molecular flexibility index (Phi) is 9.50. The molecule has 1 amide bonds. The second kappa shape index (κ2) is 13.0. The van der Waals surface area contributed by atoms with Crippen LogP contribution in [-0.4, -0.2) is 55.6 Å². The number of benzene rings is 1. The maximum atomic E-state index is 15.7. The highest BCUT2D eigenvalue weighted by Crippen LogP contribution is 2.48. The van der Waals surface area contributed by atoms with Crippen molar-refractivity contribution >= 4 is 69.0 Å². The summed E-state index contributed by atoms with van der Waals surface area (Å²) in [5.41, 5.74) is 0.361. The van der Waals surface area contributed by atoms with Gasteiger partial charge in [0.25, 0.3) is 5.56 Å². The number of amides is 1. The average Bonchev–Trinajstić information content (AvgIpc) is 3.02. The second-order valence-electron chi connectivity index (χ2n) is 11.7. The van der Waals surface area contributed by atoms with Crippen molar-refractivity contribution in [1.29, 1.82) is 5.26 Å². The monoisotopic (exact) mass is 716 g/mol. The fraction of sp³-hybridized carbons (Fsp3) is 0.303. The van der Waals surface area contributed by atoms with Gasteiger partial charge in [0.05, 0.1) is 43.4 Å². The van der Waals surface area contributed by atoms with Gasteiger partial charge in [-0.3, -0.25) is 19.1 Å². The number of fused-ring (bicyclic) bond motifs is 1. The van der Waals surface area contributed by atoms with E-state index in [1.807, 2.05) is 32.6 Å². The molecule has 1 aromatic carbocycles. The summed E-state index contributed by atoms with van der Waals surface area (Å²) in [5.74, 6) is -2.56. The number of carbonyl (C=O) groups excluding carboxylic acids is 1. The van der Waals surface area contributed by atoms with E-state index in [0.717, 1.165) is 0 Å². The molecule has 1 fully saturated rings. The van der Waals surface area contributed by atoms with Crippen molar-refractivity contribution in [2.75, 3.05) is 18.0 Å². The maximum absolute atomic E-state index is 15.7. The number of halogens is 5. The van der Waals surface area contributed by atoms with Crippen molar-refractivity contribution in [2.45, 2.75) is 52.6 Å². The molecule has 4 aromatic rings. The SMILES string of the molecule is C=CC(=O)N1[C@H](C)CN(c2c(C#N)c(=O)n(-c3c(C)ccnc3C(C)C)c3nc(-c4c(F)c(O)c(Cl)c(Cl)c4Cl)c(Cl)cc23)C[C@@H]1C. The first-order chi connectivity index (χ1) is 22.2. The lowest BCUT2D eigenvalue weighted by Crippen LogP contribution is -2.58. The lowest BCUT2D eigenvalue weighted by Gasteiger charge is -2.45. The molecule has 1 N–H and O–H groups in total. The Morgan fingerprint density at radius 1 is 1.15 bits per heavy atom. The first kappa shape index (κ1) is 34.5. The standard InChI is InChI=1S/C33H29Cl4FN6O3/c1-7-21(45)43-16(5)12-42(13-17(43)6)30-18-10-20(34)28(22-23(35)24(36)25(37)31(46)26(22)38)41-32(18)44(33(47)19(30)11-39)29-15(4)8-9-40-27(29)14(2)3/h7-10,14,16-17,46H,1,12-13H2,2-6H3/t16-,17+. The highest BCUT2D eigenvalue weighted by atomic mass is 35.5. The van der Waals surface area contributed by atoms with Crippen LogP contribution in [0, 0.1) is 24.1 Å². The lowest BCUT2D eigenvalue weighted by atomic mass is 10.0. The molecule has 14 heteroatoms. The molecule has 0 saturated carbocycles. The number of anilines is 1. The second-order valence-corrected chi connectivity index (χ2v) is 13.3. The van der Waals surface area contributed by atoms with E-state index >= 15 is 4.39 Å². The number of rotatable bonds is 5. The number of carbonyl (C=O) groups is 1. The van der Waals surface area contributed by atoms with Crippen LogP contribution in [0.1, 0.15) is 50.4 Å². The predicted octanol–water partition coefficient (Wildman–Crippen LogP) is 7.82. The van der Waals surface area contributed by atoms with Crippen molar-refractivity contribution in [3.8, 4) is 28.8 Å². The Hall–Kier alpha value is -3.88. The van der Waals surface area contributed by atoms with Crippen LogP contribution >= 0.6 is 46.4 Å². The molecule has 5 rings (SSSR count). The Balaban J connectivity index is 1.95. The van der Waals surface area contributed by atoms with Crippen molar-refractivity contribution in [3.05, 3.63) is 84.1 Å². The van der Waals surface area contributed by atoms with Gasteiger partial charge in [-0.25, -0.2) is 9.37 Å². The number of phenols is 1. The normalized spacial score (nSPS) is 16.6. The summed E-state index contributed by atoms with van der Waals surface area (Å²) in [6, 6.07) is 4.65. The van der Waals surface area contributed by atoms with E-state index in [4.69, 9.17) is 51.4 Å². The van der Waals surface area contributed by atoms with Crippen LogP contribution in [0.15, 0.2) is 35.8 Å². The number of pyridine rings is 3. The molecule has 2 atom stereocenters. The molecule has 9 nitrogen and oxygen atoms in total. The summed E-state index contributed by atoms with van der Waals surface area (Å²) in [6.07, 6.45) is 2.87. The highest BCUT2D eigenvalue weighted by Gasteiger charge is 2.36. The zero-order valence-electron chi connectivity index (χ0n) is 26.0. The molecule has 0 aliphatic carbocycles. The molecule has 1 saturated heterocycles. The number of aryl methyl sites for hydroxylation is 1. The minimum absolute atomic E-state index is 0.0207. The Labute approximate surface area is 290 Å². The third-order valence-corrected chi connectivity index (χ3v) is 9.86. The molecule has 244 valence electrons. The zero-order valence-corrected chi connectivity index (χ0v) is 29.0. The van der Waals surface area contributed by atoms with E-state index in [9.17, 15) is 20.0 Å². The Bertz CT molecular complexity index is 2050. The van der Waals surface area contributed by atoms with Crippen LogP contribution in [-0.2, 0) is 4.79 Å². The summed E-state index contributed by atoms with van der Waals surface area (Å²) in [7, 11) is 0. The Morgan fingerprint density at radius 2 is 1.79 bits per heavy atom. The smallest absolute Gasteiger partial charge is 0.276 e. The fourth-order valence-electron chi connectivity index (χ4n) is 6.24. The molecule has 47 heavy (non-hydrogen) atoms. The first-order valence-electron chi connectivity index (χ1n) is 14.6. The molecule has 4 heterocycles. The van der Waals surface area contributed by atoms with Crippen LogP contribution in [0.5, 0.6) is 5.75 Å². The molecule has 0 spiro atoms. The van der Waals surface area contributed by atoms with Crippen molar-refractivity contribution in [3.63, 3.8) is 0 Å². The summed E-state index contributed by atoms with van der Waals surface area (Å²) in [5, 5.41) is 20.0. The van der Waals surface area contributed by atoms with Crippen molar-refractivity contribution in [2.24, 2.45) is 0 Å². The van der Waals surface area contributed by atoms with Gasteiger partial charge in [0, 0.05) is 36.8 Å². The summed E-state index contributed by atoms with van der Waals surface area (Å²) < 4.78 is 16.9. The van der Waals surface area contributed by atoms with Crippen LogP contribution in [0.4, 0.5) is 10.1 Å². The predicted molar refractivity (Wildman–Crippen MR) is 184 cm³/mol. The third kappa shape index (κ3) is 5.59. The lowest BCUT2D eigenvalue weighted by molar-refractivity contribution is -0.130. The topological polar surface area (TPSA) is 115 Å². The van der Waals surface area contributed by atoms with E-state index in [2.05, 4.69) is 17.6 Å². The van der Waals surface area contributed by atoms with Gasteiger partial charge in [0.2, 0.25) is 5.91 Å². The summed E-state index contributed by atoms with van der Waals surface area (Å²) in [6.45, 7) is 13.5. The van der Waals surface area contributed by atoms with Gasteiger partial charge in [-0.2, -0.15) is 5.26 Å². The molecule has 1 aliphatic heterocycles. The van der Waals surface area contributed by atoms with Gasteiger partial charge < -0.3 is 14.9 Å². The summed E-state index contributed by atoms with van der Waals surface area (Å²) in [4.78, 5) is 40.0. The molecule has 0 bridgehead atoms. The van der Waals surface area contributed by atoms with Crippen LogP contribution in [0.2, 0.25) is 20.1 Å². The number of phenolic OH excluding ortho intramolecular Hbond substituents is 1. The Morgan fingerprint density at radius 3 is 2.36 bits per heavy atom. The maximum Gasteiger partial charge on any atom is 0.276 e. The zero-order chi connectivity index (χ0) is 34.6. The van der Waals surface area contributed by atoms with E-state index in [1.165, 1.54) is 16.7 Å². The highest BCUT2D eigenvalue weighted by molar-refractivity contribution is 6.50. The van der Waals surface area contributed by atoms with Crippen LogP contribution in [0.3, 0.4) is 0 Å². The molecule has 3 aromatic heterocycles. The van der Waals surface area contributed by atoms with Crippen molar-refractivity contribution < 1.29 is 14.3 Å². The van der Waals surface area contributed by atoms with Gasteiger partial charge in [0.15, 0.2) is 11.6 Å². The summed E-state index contributed by atoms with van der Waals surface area (Å²) >= 11 is 25.5. The fourth-order valence-corrected chi connectivity index (χ4v) is 7.16. The van der Waals surface area contributed by atoms with Gasteiger partial charge in [0.1, 0.15) is 22.3 Å². The number of hydrogen-bond acceptors (Lipinski definition) is 7. The number of aromatic hydroxyl groups is 1. The number of nitriles is 1. The first-order valence-corrected chi connectivity index (χ1v) is 16.1. The van der Waals surface area contributed by atoms with Gasteiger partial charge in [-0.15, -0.1) is 0 Å².